The number of anilines is 1. The molecule has 2 rings (SSSR count). The molecule has 0 spiro atoms. The summed E-state index contributed by atoms with van der Waals surface area (Å²) in [5.41, 5.74) is 1.35. The number of hydrogen-bond donors (Lipinski definition) is 1. The number of rotatable bonds is 6. The van der Waals surface area contributed by atoms with Gasteiger partial charge in [0, 0.05) is 12.7 Å². The predicted molar refractivity (Wildman–Crippen MR) is 72.4 cm³/mol. The van der Waals surface area contributed by atoms with E-state index in [0.717, 1.165) is 18.8 Å². The Labute approximate surface area is 104 Å². The van der Waals surface area contributed by atoms with Crippen LogP contribution in [0.25, 0.3) is 0 Å². The molecule has 3 nitrogen and oxygen atoms in total. The van der Waals surface area contributed by atoms with Gasteiger partial charge in [-0.3, -0.25) is 0 Å². The van der Waals surface area contributed by atoms with E-state index in [1.54, 1.807) is 0 Å². The Morgan fingerprint density at radius 1 is 1.35 bits per heavy atom. The summed E-state index contributed by atoms with van der Waals surface area (Å²) in [7, 11) is 0. The highest BCUT2D eigenvalue weighted by Gasteiger charge is 2.09. The van der Waals surface area contributed by atoms with Crippen LogP contribution in [0, 0.1) is 0 Å². The van der Waals surface area contributed by atoms with Crippen molar-refractivity contribution in [2.24, 2.45) is 0 Å². The highest BCUT2D eigenvalue weighted by Crippen LogP contribution is 2.09. The summed E-state index contributed by atoms with van der Waals surface area (Å²) in [4.78, 5) is 6.89. The lowest BCUT2D eigenvalue weighted by atomic mass is 10.2. The minimum atomic E-state index is 1.02. The van der Waals surface area contributed by atoms with Gasteiger partial charge in [0.05, 0.1) is 0 Å². The van der Waals surface area contributed by atoms with Gasteiger partial charge in [0.15, 0.2) is 0 Å². The van der Waals surface area contributed by atoms with Crippen LogP contribution in [-0.4, -0.2) is 36.1 Å². The van der Waals surface area contributed by atoms with Crippen molar-refractivity contribution in [3.8, 4) is 0 Å². The number of likely N-dealkylation sites (tertiary alicyclic amines) is 1. The van der Waals surface area contributed by atoms with Gasteiger partial charge in [0.1, 0.15) is 5.82 Å². The molecule has 0 radical (unpaired) electrons. The van der Waals surface area contributed by atoms with Crippen molar-refractivity contribution in [2.45, 2.75) is 32.6 Å². The number of aromatic nitrogens is 1. The third-order valence-electron chi connectivity index (χ3n) is 3.39. The fourth-order valence-corrected chi connectivity index (χ4v) is 2.32. The lowest BCUT2D eigenvalue weighted by Gasteiger charge is -2.14. The van der Waals surface area contributed by atoms with E-state index in [-0.39, 0.29) is 0 Å². The van der Waals surface area contributed by atoms with Crippen molar-refractivity contribution in [1.82, 2.24) is 9.88 Å². The predicted octanol–water partition coefficient (Wildman–Crippen LogP) is 2.54. The molecule has 1 saturated heterocycles. The molecule has 0 amide bonds. The van der Waals surface area contributed by atoms with Crippen LogP contribution >= 0.6 is 0 Å². The van der Waals surface area contributed by atoms with Crippen molar-refractivity contribution < 1.29 is 0 Å². The van der Waals surface area contributed by atoms with E-state index < -0.39 is 0 Å². The number of pyridine rings is 1. The normalized spacial score (nSPS) is 16.3. The van der Waals surface area contributed by atoms with Gasteiger partial charge in [0.25, 0.3) is 0 Å². The van der Waals surface area contributed by atoms with Gasteiger partial charge in [-0.1, -0.05) is 6.92 Å². The first-order chi connectivity index (χ1) is 8.38. The van der Waals surface area contributed by atoms with Crippen LogP contribution in [0.1, 0.15) is 31.7 Å². The maximum absolute atomic E-state index is 4.33. The average molecular weight is 233 g/mol. The molecule has 3 heteroatoms. The van der Waals surface area contributed by atoms with Crippen LogP contribution in [0.4, 0.5) is 5.82 Å². The van der Waals surface area contributed by atoms with Gasteiger partial charge in [-0.2, -0.15) is 0 Å². The molecule has 0 aliphatic carbocycles. The van der Waals surface area contributed by atoms with Gasteiger partial charge in [-0.05, 0) is 63.0 Å². The highest BCUT2D eigenvalue weighted by atomic mass is 15.1. The SMILES string of the molecule is CCc1ccnc(NCCCN2CCCC2)c1. The minimum absolute atomic E-state index is 1.02. The van der Waals surface area contributed by atoms with Crippen molar-refractivity contribution in [3.05, 3.63) is 23.9 Å². The van der Waals surface area contributed by atoms with Gasteiger partial charge >= 0.3 is 0 Å². The molecule has 0 saturated carbocycles. The summed E-state index contributed by atoms with van der Waals surface area (Å²) in [5.74, 6) is 1.02. The van der Waals surface area contributed by atoms with E-state index >= 15 is 0 Å². The average Bonchev–Trinajstić information content (AvgIpc) is 2.88. The molecule has 0 bridgehead atoms. The van der Waals surface area contributed by atoms with Crippen molar-refractivity contribution in [3.63, 3.8) is 0 Å². The van der Waals surface area contributed by atoms with Crippen molar-refractivity contribution in [2.75, 3.05) is 31.5 Å². The molecule has 1 aromatic heterocycles. The fraction of sp³-hybridized carbons (Fsp3) is 0.643. The largest absolute Gasteiger partial charge is 0.370 e. The summed E-state index contributed by atoms with van der Waals surface area (Å²) in [6, 6.07) is 4.23. The summed E-state index contributed by atoms with van der Waals surface area (Å²) in [6.07, 6.45) is 6.94. The maximum Gasteiger partial charge on any atom is 0.126 e. The monoisotopic (exact) mass is 233 g/mol. The standard InChI is InChI=1S/C14H23N3/c1-2-13-6-8-16-14(12-13)15-7-5-11-17-9-3-4-10-17/h6,8,12H,2-5,7,9-11H2,1H3,(H,15,16). The molecule has 1 N–H and O–H groups in total. The van der Waals surface area contributed by atoms with E-state index in [1.807, 2.05) is 6.20 Å². The fourth-order valence-electron chi connectivity index (χ4n) is 2.32. The molecule has 17 heavy (non-hydrogen) atoms. The number of nitrogens with one attached hydrogen (secondary N) is 1. The first-order valence-corrected chi connectivity index (χ1v) is 6.79. The molecule has 0 aromatic carbocycles. The zero-order valence-corrected chi connectivity index (χ0v) is 10.8. The number of nitrogens with zero attached hydrogens (tertiary/aromatic N) is 2. The Hall–Kier alpha value is -1.09. The van der Waals surface area contributed by atoms with Crippen molar-refractivity contribution >= 4 is 5.82 Å². The molecule has 1 aliphatic heterocycles. The van der Waals surface area contributed by atoms with Crippen LogP contribution in [0.2, 0.25) is 0 Å². The minimum Gasteiger partial charge on any atom is -0.370 e. The molecule has 0 unspecified atom stereocenters. The molecule has 94 valence electrons. The first-order valence-electron chi connectivity index (χ1n) is 6.79. The number of aryl methyl sites for hydroxylation is 1. The quantitative estimate of drug-likeness (QED) is 0.765. The molecular weight excluding hydrogens is 210 g/mol. The molecule has 1 aromatic rings. The lowest BCUT2D eigenvalue weighted by molar-refractivity contribution is 0.337. The van der Waals surface area contributed by atoms with Crippen LogP contribution in [-0.2, 0) is 6.42 Å². The Balaban J connectivity index is 1.66. The highest BCUT2D eigenvalue weighted by molar-refractivity contribution is 5.37. The zero-order valence-electron chi connectivity index (χ0n) is 10.8. The van der Waals surface area contributed by atoms with E-state index in [4.69, 9.17) is 0 Å². The van der Waals surface area contributed by atoms with Crippen LogP contribution in [0.15, 0.2) is 18.3 Å². The van der Waals surface area contributed by atoms with E-state index in [2.05, 4.69) is 34.3 Å². The summed E-state index contributed by atoms with van der Waals surface area (Å²) in [6.45, 7) is 7.01. The van der Waals surface area contributed by atoms with E-state index in [0.29, 0.717) is 0 Å². The van der Waals surface area contributed by atoms with Gasteiger partial charge in [-0.15, -0.1) is 0 Å². The van der Waals surface area contributed by atoms with Gasteiger partial charge in [0.2, 0.25) is 0 Å². The molecule has 2 heterocycles. The summed E-state index contributed by atoms with van der Waals surface area (Å²) < 4.78 is 0. The summed E-state index contributed by atoms with van der Waals surface area (Å²) >= 11 is 0. The van der Waals surface area contributed by atoms with E-state index in [1.165, 1.54) is 44.5 Å². The molecular formula is C14H23N3. The van der Waals surface area contributed by atoms with E-state index in [9.17, 15) is 0 Å². The van der Waals surface area contributed by atoms with Crippen LogP contribution in [0.3, 0.4) is 0 Å². The topological polar surface area (TPSA) is 28.2 Å². The second-order valence-corrected chi connectivity index (χ2v) is 4.73. The van der Waals surface area contributed by atoms with Crippen LogP contribution in [0.5, 0.6) is 0 Å². The molecule has 1 aliphatic rings. The Kier molecular flexibility index (Phi) is 4.80. The Morgan fingerprint density at radius 2 is 2.18 bits per heavy atom. The lowest BCUT2D eigenvalue weighted by Crippen LogP contribution is -2.22. The second kappa shape index (κ2) is 6.60. The van der Waals surface area contributed by atoms with Crippen LogP contribution < -0.4 is 5.32 Å². The smallest absolute Gasteiger partial charge is 0.126 e. The summed E-state index contributed by atoms with van der Waals surface area (Å²) in [5, 5.41) is 3.41. The molecule has 0 atom stereocenters. The second-order valence-electron chi connectivity index (χ2n) is 4.73. The third kappa shape index (κ3) is 4.00. The third-order valence-corrected chi connectivity index (χ3v) is 3.39. The Morgan fingerprint density at radius 3 is 2.94 bits per heavy atom. The first kappa shape index (κ1) is 12.4. The van der Waals surface area contributed by atoms with Gasteiger partial charge < -0.3 is 10.2 Å². The molecule has 1 fully saturated rings. The van der Waals surface area contributed by atoms with Gasteiger partial charge in [-0.25, -0.2) is 4.98 Å². The Bertz CT molecular complexity index is 332. The zero-order chi connectivity index (χ0) is 11.9. The number of hydrogen-bond acceptors (Lipinski definition) is 3. The maximum atomic E-state index is 4.33. The van der Waals surface area contributed by atoms with Crippen molar-refractivity contribution in [1.29, 1.82) is 0 Å².